The monoisotopic (exact) mass is 517 g/mol. The van der Waals surface area contributed by atoms with Gasteiger partial charge in [-0.05, 0) is 61.3 Å². The second-order valence-corrected chi connectivity index (χ2v) is 12.7. The molecular formula is C30H40BN3O4. The maximum atomic E-state index is 13.8. The molecule has 3 saturated carbocycles. The van der Waals surface area contributed by atoms with Crippen LogP contribution < -0.4 is 5.32 Å². The molecule has 6 atom stereocenters. The summed E-state index contributed by atoms with van der Waals surface area (Å²) in [5, 5.41) is 3.27. The fraction of sp³-hybridized carbons (Fsp3) is 0.600. The molecule has 8 heteroatoms. The van der Waals surface area contributed by atoms with Gasteiger partial charge < -0.3 is 14.6 Å². The third-order valence-electron chi connectivity index (χ3n) is 9.33. The normalized spacial score (nSPS) is 28.8. The van der Waals surface area contributed by atoms with Gasteiger partial charge in [-0.2, -0.15) is 0 Å². The largest absolute Gasteiger partial charge is 0.481 e. The van der Waals surface area contributed by atoms with Crippen molar-refractivity contribution < 1.29 is 18.9 Å². The highest BCUT2D eigenvalue weighted by atomic mass is 16.7. The van der Waals surface area contributed by atoms with Gasteiger partial charge in [0.2, 0.25) is 5.91 Å². The molecule has 7 nitrogen and oxygen atoms in total. The Hall–Kier alpha value is -2.58. The van der Waals surface area contributed by atoms with Gasteiger partial charge in [-0.1, -0.05) is 58.0 Å². The molecule has 1 N–H and O–H groups in total. The third kappa shape index (κ3) is 5.17. The molecular weight excluding hydrogens is 477 g/mol. The molecule has 2 heterocycles. The Balaban J connectivity index is 1.34. The minimum atomic E-state index is -0.549. The Morgan fingerprint density at radius 3 is 2.55 bits per heavy atom. The Bertz CT molecular complexity index is 1140. The van der Waals surface area contributed by atoms with Crippen LogP contribution in [0.4, 0.5) is 0 Å². The topological polar surface area (TPSA) is 90.4 Å². The first-order valence-electron chi connectivity index (χ1n) is 14.0. The van der Waals surface area contributed by atoms with Gasteiger partial charge in [-0.25, -0.2) is 4.98 Å². The average Bonchev–Trinajstić information content (AvgIpc) is 3.26. The summed E-state index contributed by atoms with van der Waals surface area (Å²) in [6.07, 6.45) is 7.96. The zero-order valence-corrected chi connectivity index (χ0v) is 23.2. The van der Waals surface area contributed by atoms with Gasteiger partial charge in [0, 0.05) is 24.7 Å². The second-order valence-electron chi connectivity index (χ2n) is 12.7. The fourth-order valence-electron chi connectivity index (χ4n) is 7.05. The number of hydrogen-bond acceptors (Lipinski definition) is 6. The van der Waals surface area contributed by atoms with E-state index in [1.54, 1.807) is 0 Å². The van der Waals surface area contributed by atoms with Crippen molar-refractivity contribution in [1.29, 1.82) is 0 Å². The average molecular weight is 517 g/mol. The Morgan fingerprint density at radius 2 is 1.89 bits per heavy atom. The van der Waals surface area contributed by atoms with Gasteiger partial charge in [0.1, 0.15) is 5.69 Å². The molecule has 1 aromatic heterocycles. The minimum absolute atomic E-state index is 0.0502. The molecule has 3 aliphatic carbocycles. The SMILES string of the molecule is CC(C)C[C@H](NC(=O)[C@@H](CC(=O)c1cnccn1)Cc1ccccc1)B1OC2C[C@@H]3C[C@@H](C3(C)C)[C@]2(C)O1. The van der Waals surface area contributed by atoms with E-state index in [9.17, 15) is 9.59 Å². The summed E-state index contributed by atoms with van der Waals surface area (Å²) in [7, 11) is -0.500. The number of nitrogens with zero attached hydrogens (tertiary/aromatic N) is 2. The van der Waals surface area contributed by atoms with Gasteiger partial charge in [0.25, 0.3) is 0 Å². The number of nitrogens with one attached hydrogen (secondary N) is 1. The maximum absolute atomic E-state index is 13.8. The summed E-state index contributed by atoms with van der Waals surface area (Å²) < 4.78 is 13.3. The fourth-order valence-corrected chi connectivity index (χ4v) is 7.05. The Morgan fingerprint density at radius 1 is 1.13 bits per heavy atom. The molecule has 0 spiro atoms. The predicted octanol–water partition coefficient (Wildman–Crippen LogP) is 4.71. The van der Waals surface area contributed by atoms with Crippen molar-refractivity contribution in [2.75, 3.05) is 0 Å². The number of aromatic nitrogens is 2. The van der Waals surface area contributed by atoms with E-state index in [2.05, 4.69) is 49.9 Å². The van der Waals surface area contributed by atoms with E-state index in [0.717, 1.165) is 18.4 Å². The van der Waals surface area contributed by atoms with Gasteiger partial charge in [0.05, 0.1) is 23.8 Å². The summed E-state index contributed by atoms with van der Waals surface area (Å²) >= 11 is 0. The van der Waals surface area contributed by atoms with Crippen molar-refractivity contribution in [3.63, 3.8) is 0 Å². The zero-order valence-electron chi connectivity index (χ0n) is 23.2. The number of carbonyl (C=O) groups is 2. The van der Waals surface area contributed by atoms with Crippen LogP contribution >= 0.6 is 0 Å². The second kappa shape index (κ2) is 10.5. The molecule has 2 aromatic rings. The lowest BCUT2D eigenvalue weighted by molar-refractivity contribution is -0.199. The van der Waals surface area contributed by atoms with Gasteiger partial charge in [-0.3, -0.25) is 14.6 Å². The van der Waals surface area contributed by atoms with Crippen LogP contribution in [0.5, 0.6) is 0 Å². The number of ketones is 1. The zero-order chi connectivity index (χ0) is 27.1. The number of hydrogen-bond donors (Lipinski definition) is 1. The van der Waals surface area contributed by atoms with Crippen LogP contribution in [0.25, 0.3) is 0 Å². The van der Waals surface area contributed by atoms with E-state index in [4.69, 9.17) is 9.31 Å². The molecule has 1 saturated heterocycles. The Kier molecular flexibility index (Phi) is 7.49. The lowest BCUT2D eigenvalue weighted by atomic mass is 9.43. The molecule has 4 aliphatic rings. The molecule has 1 aliphatic heterocycles. The van der Waals surface area contributed by atoms with Crippen molar-refractivity contribution >= 4 is 18.8 Å². The summed E-state index contributed by atoms with van der Waals surface area (Å²) in [6.45, 7) is 11.2. The van der Waals surface area contributed by atoms with Crippen LogP contribution in [-0.4, -0.2) is 46.4 Å². The molecule has 0 radical (unpaired) electrons. The smallest absolute Gasteiger partial charge is 0.404 e. The third-order valence-corrected chi connectivity index (χ3v) is 9.33. The quantitative estimate of drug-likeness (QED) is 0.363. The van der Waals surface area contributed by atoms with Crippen LogP contribution in [0.3, 0.4) is 0 Å². The first-order valence-corrected chi connectivity index (χ1v) is 14.0. The van der Waals surface area contributed by atoms with Crippen molar-refractivity contribution in [1.82, 2.24) is 15.3 Å². The number of Topliss-reactive ketones (excluding diaryl/α,β-unsaturated/α-hetero) is 1. The van der Waals surface area contributed by atoms with E-state index in [1.165, 1.54) is 25.0 Å². The summed E-state index contributed by atoms with van der Waals surface area (Å²) in [5.41, 5.74) is 1.20. The van der Waals surface area contributed by atoms with Gasteiger partial charge in [-0.15, -0.1) is 0 Å². The summed E-state index contributed by atoms with van der Waals surface area (Å²) in [6, 6.07) is 9.82. The number of benzene rings is 1. The molecule has 1 amide bonds. The van der Waals surface area contributed by atoms with Crippen molar-refractivity contribution in [2.24, 2.45) is 29.1 Å². The van der Waals surface area contributed by atoms with Crippen LogP contribution in [0, 0.1) is 29.1 Å². The highest BCUT2D eigenvalue weighted by molar-refractivity contribution is 6.47. The van der Waals surface area contributed by atoms with Crippen LogP contribution in [0.15, 0.2) is 48.9 Å². The van der Waals surface area contributed by atoms with E-state index >= 15 is 0 Å². The van der Waals surface area contributed by atoms with Crippen LogP contribution in [0.2, 0.25) is 0 Å². The summed E-state index contributed by atoms with van der Waals surface area (Å²) in [4.78, 5) is 35.0. The first kappa shape index (κ1) is 27.0. The van der Waals surface area contributed by atoms with Gasteiger partial charge in [0.15, 0.2) is 5.78 Å². The van der Waals surface area contributed by atoms with Crippen LogP contribution in [0.1, 0.15) is 76.4 Å². The maximum Gasteiger partial charge on any atom is 0.481 e. The van der Waals surface area contributed by atoms with Gasteiger partial charge >= 0.3 is 7.12 Å². The summed E-state index contributed by atoms with van der Waals surface area (Å²) in [5.74, 6) is 0.254. The first-order chi connectivity index (χ1) is 18.1. The van der Waals surface area contributed by atoms with E-state index < -0.39 is 13.0 Å². The van der Waals surface area contributed by atoms with Crippen molar-refractivity contribution in [3.05, 3.63) is 60.2 Å². The molecule has 6 rings (SSSR count). The highest BCUT2D eigenvalue weighted by Gasteiger charge is 2.68. The molecule has 38 heavy (non-hydrogen) atoms. The minimum Gasteiger partial charge on any atom is -0.404 e. The number of amides is 1. The highest BCUT2D eigenvalue weighted by Crippen LogP contribution is 2.65. The molecule has 1 unspecified atom stereocenters. The standard InChI is InChI=1S/C30H40BN3O4/c1-19(2)13-27(31-37-26-17-22-16-25(29(22,3)4)30(26,5)38-31)34-28(36)21(14-20-9-7-6-8-10-20)15-24(35)23-18-32-11-12-33-23/h6-12,18-19,21-22,25-27H,13-17H2,1-5H3,(H,34,36)/t21-,22+,25+,26?,27+,30+/m1/s1. The number of rotatable bonds is 10. The molecule has 2 bridgehead atoms. The van der Waals surface area contributed by atoms with Crippen LogP contribution in [-0.2, 0) is 20.5 Å². The molecule has 202 valence electrons. The lowest BCUT2D eigenvalue weighted by Crippen LogP contribution is -2.65. The van der Waals surface area contributed by atoms with E-state index in [0.29, 0.717) is 24.2 Å². The predicted molar refractivity (Wildman–Crippen MR) is 146 cm³/mol. The molecule has 4 fully saturated rings. The number of carbonyl (C=O) groups excluding carboxylic acids is 2. The molecule has 1 aromatic carbocycles. The Labute approximate surface area is 226 Å². The lowest BCUT2D eigenvalue weighted by Gasteiger charge is -2.64. The van der Waals surface area contributed by atoms with E-state index in [-0.39, 0.29) is 46.9 Å². The van der Waals surface area contributed by atoms with Crippen molar-refractivity contribution in [3.8, 4) is 0 Å². The van der Waals surface area contributed by atoms with Crippen molar-refractivity contribution in [2.45, 2.75) is 84.4 Å². The van der Waals surface area contributed by atoms with E-state index in [1.807, 2.05) is 30.3 Å².